The minimum absolute atomic E-state index is 0.189. The van der Waals surface area contributed by atoms with Crippen molar-refractivity contribution in [1.29, 1.82) is 0 Å². The highest BCUT2D eigenvalue weighted by atomic mass is 19.1. The Labute approximate surface area is 247 Å². The number of hydrogen-bond acceptors (Lipinski definition) is 0. The lowest BCUT2D eigenvalue weighted by Crippen LogP contribution is -2.15. The summed E-state index contributed by atoms with van der Waals surface area (Å²) in [5, 5.41) is 0. The molecule has 1 fully saturated rings. The third kappa shape index (κ3) is 8.29. The molecule has 41 heavy (non-hydrogen) atoms. The maximum atomic E-state index is 15.0. The molecule has 0 amide bonds. The number of aryl methyl sites for hydroxylation is 1. The zero-order chi connectivity index (χ0) is 28.4. The first-order valence-electron chi connectivity index (χ1n) is 15.8. The van der Waals surface area contributed by atoms with Crippen LogP contribution >= 0.6 is 0 Å². The van der Waals surface area contributed by atoms with Gasteiger partial charge in [0.25, 0.3) is 0 Å². The van der Waals surface area contributed by atoms with Gasteiger partial charge in [-0.05, 0) is 76.5 Å². The Kier molecular flexibility index (Phi) is 10.2. The van der Waals surface area contributed by atoms with Crippen molar-refractivity contribution < 1.29 is 4.39 Å². The van der Waals surface area contributed by atoms with Crippen LogP contribution in [-0.2, 0) is 12.8 Å². The highest BCUT2D eigenvalue weighted by Gasteiger charge is 2.20. The van der Waals surface area contributed by atoms with Crippen LogP contribution in [0.2, 0.25) is 0 Å². The Balaban J connectivity index is 1.13. The molecule has 1 heteroatoms. The molecular formula is C40H45F. The molecule has 1 unspecified atom stereocenters. The van der Waals surface area contributed by atoms with Crippen LogP contribution in [0.15, 0.2) is 97.1 Å². The zero-order valence-electron chi connectivity index (χ0n) is 24.9. The minimum atomic E-state index is -0.189. The molecule has 212 valence electrons. The summed E-state index contributed by atoms with van der Waals surface area (Å²) < 4.78 is 15.0. The third-order valence-electron chi connectivity index (χ3n) is 9.14. The van der Waals surface area contributed by atoms with Gasteiger partial charge < -0.3 is 0 Å². The molecule has 1 atom stereocenters. The minimum Gasteiger partial charge on any atom is -0.206 e. The lowest BCUT2D eigenvalue weighted by Gasteiger charge is -2.28. The molecule has 1 aliphatic rings. The number of rotatable bonds is 11. The first-order chi connectivity index (χ1) is 20.1. The molecule has 0 heterocycles. The predicted molar refractivity (Wildman–Crippen MR) is 174 cm³/mol. The van der Waals surface area contributed by atoms with Crippen LogP contribution in [0.3, 0.4) is 0 Å². The standard InChI is InChI=1S/C40H45F/c1-3-7-31-10-12-32(13-11-31)14-15-33-16-18-34(19-17-33)20-25-38-26-27-39(29-40(38)41)37-23-21-35(22-24-37)28-30(2)36-8-5-4-6-9-36/h4-6,8-9,16-27,29-32H,3,7,10-15,28H2,1-2H3. The molecule has 0 N–H and O–H groups in total. The van der Waals surface area contributed by atoms with E-state index in [1.165, 1.54) is 61.6 Å². The van der Waals surface area contributed by atoms with Gasteiger partial charge in [0.1, 0.15) is 5.82 Å². The summed E-state index contributed by atoms with van der Waals surface area (Å²) in [6.45, 7) is 4.57. The highest BCUT2D eigenvalue weighted by molar-refractivity contribution is 5.72. The fourth-order valence-corrected chi connectivity index (χ4v) is 6.50. The van der Waals surface area contributed by atoms with Crippen molar-refractivity contribution in [3.05, 3.63) is 131 Å². The van der Waals surface area contributed by atoms with E-state index >= 15 is 4.39 Å². The van der Waals surface area contributed by atoms with Crippen molar-refractivity contribution in [2.24, 2.45) is 11.8 Å². The molecular weight excluding hydrogens is 499 g/mol. The average Bonchev–Trinajstić information content (AvgIpc) is 3.01. The highest BCUT2D eigenvalue weighted by Crippen LogP contribution is 2.34. The lowest BCUT2D eigenvalue weighted by molar-refractivity contribution is 0.252. The molecule has 0 saturated heterocycles. The monoisotopic (exact) mass is 544 g/mol. The van der Waals surface area contributed by atoms with Crippen molar-refractivity contribution in [2.75, 3.05) is 0 Å². The number of benzene rings is 4. The Bertz CT molecular complexity index is 1370. The SMILES string of the molecule is CCCC1CCC(CCc2ccc(C=Cc3ccc(-c4ccc(CC(C)c5ccccc5)cc4)cc3F)cc2)CC1. The molecule has 4 aromatic carbocycles. The molecule has 1 saturated carbocycles. The normalized spacial score (nSPS) is 18.0. The summed E-state index contributed by atoms with van der Waals surface area (Å²) in [4.78, 5) is 0. The first kappa shape index (κ1) is 29.1. The number of hydrogen-bond donors (Lipinski definition) is 0. The van der Waals surface area contributed by atoms with E-state index < -0.39 is 0 Å². The van der Waals surface area contributed by atoms with E-state index in [0.29, 0.717) is 11.5 Å². The van der Waals surface area contributed by atoms with E-state index in [2.05, 4.69) is 92.7 Å². The van der Waals surface area contributed by atoms with Crippen LogP contribution in [0.1, 0.15) is 92.5 Å². The summed E-state index contributed by atoms with van der Waals surface area (Å²) in [6, 6.07) is 33.5. The maximum Gasteiger partial charge on any atom is 0.131 e. The van der Waals surface area contributed by atoms with Gasteiger partial charge in [-0.1, -0.05) is 156 Å². The van der Waals surface area contributed by atoms with Gasteiger partial charge in [0, 0.05) is 5.56 Å². The second kappa shape index (κ2) is 14.4. The molecule has 0 nitrogen and oxygen atoms in total. The van der Waals surface area contributed by atoms with Gasteiger partial charge in [-0.25, -0.2) is 4.39 Å². The second-order valence-corrected chi connectivity index (χ2v) is 12.2. The summed E-state index contributed by atoms with van der Waals surface area (Å²) in [7, 11) is 0. The van der Waals surface area contributed by atoms with Crippen molar-refractivity contribution in [3.8, 4) is 11.1 Å². The smallest absolute Gasteiger partial charge is 0.131 e. The predicted octanol–water partition coefficient (Wildman–Crippen LogP) is 11.5. The fraction of sp³-hybridized carbons (Fsp3) is 0.350. The van der Waals surface area contributed by atoms with E-state index in [9.17, 15) is 0 Å². The average molecular weight is 545 g/mol. The van der Waals surface area contributed by atoms with Gasteiger partial charge in [0.2, 0.25) is 0 Å². The third-order valence-corrected chi connectivity index (χ3v) is 9.14. The van der Waals surface area contributed by atoms with Crippen molar-refractivity contribution in [3.63, 3.8) is 0 Å². The second-order valence-electron chi connectivity index (χ2n) is 12.2. The molecule has 0 radical (unpaired) electrons. The topological polar surface area (TPSA) is 0 Å². The summed E-state index contributed by atoms with van der Waals surface area (Å²) in [5.74, 6) is 2.15. The molecule has 0 bridgehead atoms. The van der Waals surface area contributed by atoms with Crippen molar-refractivity contribution >= 4 is 12.2 Å². The van der Waals surface area contributed by atoms with Gasteiger partial charge in [0.15, 0.2) is 0 Å². The van der Waals surface area contributed by atoms with Crippen LogP contribution < -0.4 is 0 Å². The molecule has 4 aromatic rings. The Hall–Kier alpha value is -3.45. The van der Waals surface area contributed by atoms with Crippen LogP contribution in [-0.4, -0.2) is 0 Å². The molecule has 5 rings (SSSR count). The van der Waals surface area contributed by atoms with Crippen LogP contribution in [0.25, 0.3) is 23.3 Å². The van der Waals surface area contributed by atoms with Crippen molar-refractivity contribution in [2.45, 2.75) is 77.6 Å². The van der Waals surface area contributed by atoms with E-state index in [0.717, 1.165) is 41.4 Å². The number of halogens is 1. The molecule has 0 aliphatic heterocycles. The van der Waals surface area contributed by atoms with E-state index in [1.54, 1.807) is 6.07 Å². The summed E-state index contributed by atoms with van der Waals surface area (Å²) in [6.07, 6.45) is 15.8. The zero-order valence-corrected chi connectivity index (χ0v) is 24.9. The lowest BCUT2D eigenvalue weighted by atomic mass is 9.78. The first-order valence-corrected chi connectivity index (χ1v) is 15.8. The van der Waals surface area contributed by atoms with Gasteiger partial charge >= 0.3 is 0 Å². The van der Waals surface area contributed by atoms with E-state index in [4.69, 9.17) is 0 Å². The quantitative estimate of drug-likeness (QED) is 0.165. The molecule has 0 aromatic heterocycles. The van der Waals surface area contributed by atoms with Crippen LogP contribution in [0, 0.1) is 17.7 Å². The van der Waals surface area contributed by atoms with E-state index in [-0.39, 0.29) is 5.82 Å². The van der Waals surface area contributed by atoms with E-state index in [1.807, 2.05) is 24.3 Å². The van der Waals surface area contributed by atoms with Gasteiger partial charge in [-0.15, -0.1) is 0 Å². The molecule has 0 spiro atoms. The van der Waals surface area contributed by atoms with Gasteiger partial charge in [0.05, 0.1) is 0 Å². The fourth-order valence-electron chi connectivity index (χ4n) is 6.50. The Morgan fingerprint density at radius 2 is 1.34 bits per heavy atom. The Morgan fingerprint density at radius 1 is 0.707 bits per heavy atom. The summed E-state index contributed by atoms with van der Waals surface area (Å²) >= 11 is 0. The largest absolute Gasteiger partial charge is 0.206 e. The Morgan fingerprint density at radius 3 is 2.00 bits per heavy atom. The van der Waals surface area contributed by atoms with Gasteiger partial charge in [-0.3, -0.25) is 0 Å². The molecule has 1 aliphatic carbocycles. The van der Waals surface area contributed by atoms with Gasteiger partial charge in [-0.2, -0.15) is 0 Å². The van der Waals surface area contributed by atoms with Crippen LogP contribution in [0.5, 0.6) is 0 Å². The summed E-state index contributed by atoms with van der Waals surface area (Å²) in [5.41, 5.74) is 7.74. The van der Waals surface area contributed by atoms with Crippen LogP contribution in [0.4, 0.5) is 4.39 Å². The van der Waals surface area contributed by atoms with Crippen molar-refractivity contribution in [1.82, 2.24) is 0 Å². The maximum absolute atomic E-state index is 15.0.